The Hall–Kier alpha value is -2.11. The second-order valence-electron chi connectivity index (χ2n) is 6.86. The van der Waals surface area contributed by atoms with Crippen molar-refractivity contribution in [2.75, 3.05) is 19.8 Å². The number of nitrogens with one attached hydrogen (secondary N) is 2. The highest BCUT2D eigenvalue weighted by atomic mass is 16.5. The van der Waals surface area contributed by atoms with Gasteiger partial charge in [0.25, 0.3) is 5.91 Å². The SMILES string of the molecule is C[C@@H](NC1(CNC(=O)c2cccn2C)CCOCC1)c1ccccc1. The summed E-state index contributed by atoms with van der Waals surface area (Å²) in [7, 11) is 1.88. The molecule has 3 rings (SSSR count). The van der Waals surface area contributed by atoms with E-state index in [0.29, 0.717) is 25.5 Å². The summed E-state index contributed by atoms with van der Waals surface area (Å²) in [6, 6.07) is 14.3. The van der Waals surface area contributed by atoms with Crippen molar-refractivity contribution in [2.45, 2.75) is 31.3 Å². The van der Waals surface area contributed by atoms with Gasteiger partial charge >= 0.3 is 0 Å². The molecule has 5 heteroatoms. The quantitative estimate of drug-likeness (QED) is 0.849. The van der Waals surface area contributed by atoms with Crippen molar-refractivity contribution in [1.82, 2.24) is 15.2 Å². The van der Waals surface area contributed by atoms with Gasteiger partial charge in [-0.3, -0.25) is 4.79 Å². The van der Waals surface area contributed by atoms with E-state index in [2.05, 4.69) is 41.8 Å². The maximum atomic E-state index is 12.5. The van der Waals surface area contributed by atoms with Gasteiger partial charge in [0.05, 0.1) is 0 Å². The first-order valence-electron chi connectivity index (χ1n) is 8.90. The fraction of sp³-hybridized carbons (Fsp3) is 0.450. The lowest BCUT2D eigenvalue weighted by Crippen LogP contribution is -2.57. The third kappa shape index (κ3) is 4.30. The van der Waals surface area contributed by atoms with E-state index >= 15 is 0 Å². The Morgan fingerprint density at radius 1 is 1.20 bits per heavy atom. The summed E-state index contributed by atoms with van der Waals surface area (Å²) in [5.74, 6) is -0.0347. The minimum absolute atomic E-state index is 0.0347. The summed E-state index contributed by atoms with van der Waals surface area (Å²) in [6.07, 6.45) is 3.66. The molecule has 25 heavy (non-hydrogen) atoms. The van der Waals surface area contributed by atoms with Crippen LogP contribution in [0.4, 0.5) is 0 Å². The molecule has 1 atom stereocenters. The number of amides is 1. The van der Waals surface area contributed by atoms with Gasteiger partial charge in [0, 0.05) is 44.6 Å². The molecule has 0 spiro atoms. The van der Waals surface area contributed by atoms with Gasteiger partial charge in [0.15, 0.2) is 0 Å². The fourth-order valence-electron chi connectivity index (χ4n) is 3.46. The molecule has 2 heterocycles. The lowest BCUT2D eigenvalue weighted by molar-refractivity contribution is 0.0332. The van der Waals surface area contributed by atoms with Gasteiger partial charge in [-0.05, 0) is 37.5 Å². The van der Waals surface area contributed by atoms with Gasteiger partial charge < -0.3 is 19.9 Å². The van der Waals surface area contributed by atoms with Gasteiger partial charge in [0.1, 0.15) is 5.69 Å². The predicted octanol–water partition coefficient (Wildman–Crippen LogP) is 2.65. The first-order chi connectivity index (χ1) is 12.1. The Bertz CT molecular complexity index is 690. The zero-order valence-corrected chi connectivity index (χ0v) is 15.0. The molecular formula is C20H27N3O2. The highest BCUT2D eigenvalue weighted by molar-refractivity contribution is 5.92. The molecule has 0 radical (unpaired) electrons. The summed E-state index contributed by atoms with van der Waals surface area (Å²) in [5.41, 5.74) is 1.79. The number of ether oxygens (including phenoxy) is 1. The molecule has 1 aliphatic rings. The number of nitrogens with zero attached hydrogens (tertiary/aromatic N) is 1. The van der Waals surface area contributed by atoms with Crippen molar-refractivity contribution in [2.24, 2.45) is 7.05 Å². The zero-order valence-electron chi connectivity index (χ0n) is 15.0. The van der Waals surface area contributed by atoms with Crippen molar-refractivity contribution in [1.29, 1.82) is 0 Å². The summed E-state index contributed by atoms with van der Waals surface area (Å²) >= 11 is 0. The van der Waals surface area contributed by atoms with E-state index in [0.717, 1.165) is 12.8 Å². The molecule has 1 amide bonds. The van der Waals surface area contributed by atoms with E-state index in [4.69, 9.17) is 4.74 Å². The van der Waals surface area contributed by atoms with Gasteiger partial charge in [-0.25, -0.2) is 0 Å². The number of aromatic nitrogens is 1. The fourth-order valence-corrected chi connectivity index (χ4v) is 3.46. The Kier molecular flexibility index (Phi) is 5.56. The first-order valence-corrected chi connectivity index (χ1v) is 8.90. The van der Waals surface area contributed by atoms with Crippen LogP contribution in [0.1, 0.15) is 41.9 Å². The highest BCUT2D eigenvalue weighted by Gasteiger charge is 2.34. The summed E-state index contributed by atoms with van der Waals surface area (Å²) in [6.45, 7) is 4.20. The van der Waals surface area contributed by atoms with Crippen LogP contribution in [0.25, 0.3) is 0 Å². The van der Waals surface area contributed by atoms with Crippen LogP contribution in [0.15, 0.2) is 48.7 Å². The van der Waals surface area contributed by atoms with Crippen LogP contribution in [0.5, 0.6) is 0 Å². The van der Waals surface area contributed by atoms with Crippen LogP contribution in [0, 0.1) is 0 Å². The number of aryl methyl sites for hydroxylation is 1. The van der Waals surface area contributed by atoms with E-state index in [1.54, 1.807) is 0 Å². The molecule has 2 aromatic rings. The molecule has 0 saturated carbocycles. The normalized spacial score (nSPS) is 17.8. The Morgan fingerprint density at radius 2 is 1.92 bits per heavy atom. The molecule has 2 N–H and O–H groups in total. The lowest BCUT2D eigenvalue weighted by Gasteiger charge is -2.40. The number of hydrogen-bond donors (Lipinski definition) is 2. The molecule has 1 fully saturated rings. The van der Waals surface area contributed by atoms with Gasteiger partial charge in [-0.1, -0.05) is 30.3 Å². The molecule has 5 nitrogen and oxygen atoms in total. The van der Waals surface area contributed by atoms with E-state index in [1.165, 1.54) is 5.56 Å². The monoisotopic (exact) mass is 341 g/mol. The second-order valence-corrected chi connectivity index (χ2v) is 6.86. The smallest absolute Gasteiger partial charge is 0.267 e. The van der Waals surface area contributed by atoms with Crippen LogP contribution in [0.3, 0.4) is 0 Å². The average molecular weight is 341 g/mol. The van der Waals surface area contributed by atoms with Crippen molar-refractivity contribution < 1.29 is 9.53 Å². The Morgan fingerprint density at radius 3 is 2.56 bits per heavy atom. The number of carbonyl (C=O) groups excluding carboxylic acids is 1. The van der Waals surface area contributed by atoms with Gasteiger partial charge in [0.2, 0.25) is 0 Å². The maximum Gasteiger partial charge on any atom is 0.267 e. The molecule has 0 unspecified atom stereocenters. The topological polar surface area (TPSA) is 55.3 Å². The van der Waals surface area contributed by atoms with Crippen molar-refractivity contribution in [3.05, 3.63) is 59.9 Å². The van der Waals surface area contributed by atoms with E-state index in [1.807, 2.05) is 36.0 Å². The second kappa shape index (κ2) is 7.85. The molecule has 1 saturated heterocycles. The molecule has 134 valence electrons. The van der Waals surface area contributed by atoms with Crippen molar-refractivity contribution in [3.63, 3.8) is 0 Å². The highest BCUT2D eigenvalue weighted by Crippen LogP contribution is 2.25. The summed E-state index contributed by atoms with van der Waals surface area (Å²) in [4.78, 5) is 12.5. The van der Waals surface area contributed by atoms with E-state index in [9.17, 15) is 4.79 Å². The minimum atomic E-state index is -0.145. The summed E-state index contributed by atoms with van der Waals surface area (Å²) in [5, 5.41) is 6.88. The zero-order chi connectivity index (χ0) is 17.7. The van der Waals surface area contributed by atoms with Crippen LogP contribution < -0.4 is 10.6 Å². The van der Waals surface area contributed by atoms with Gasteiger partial charge in [-0.2, -0.15) is 0 Å². The minimum Gasteiger partial charge on any atom is -0.381 e. The third-order valence-electron chi connectivity index (χ3n) is 5.04. The van der Waals surface area contributed by atoms with E-state index in [-0.39, 0.29) is 17.5 Å². The maximum absolute atomic E-state index is 12.5. The van der Waals surface area contributed by atoms with Crippen molar-refractivity contribution >= 4 is 5.91 Å². The Labute approximate surface area is 149 Å². The summed E-state index contributed by atoms with van der Waals surface area (Å²) < 4.78 is 7.39. The first kappa shape index (κ1) is 17.7. The standard InChI is InChI=1S/C20H27N3O2/c1-16(17-7-4-3-5-8-17)22-20(10-13-25-14-11-20)15-21-19(24)18-9-6-12-23(18)2/h3-9,12,16,22H,10-11,13-15H2,1-2H3,(H,21,24)/t16-/m1/s1. The number of carbonyl (C=O) groups is 1. The number of benzene rings is 1. The average Bonchev–Trinajstić information content (AvgIpc) is 3.07. The largest absolute Gasteiger partial charge is 0.381 e. The predicted molar refractivity (Wildman–Crippen MR) is 98.5 cm³/mol. The van der Waals surface area contributed by atoms with Gasteiger partial charge in [-0.15, -0.1) is 0 Å². The van der Waals surface area contributed by atoms with Crippen LogP contribution >= 0.6 is 0 Å². The van der Waals surface area contributed by atoms with E-state index < -0.39 is 0 Å². The van der Waals surface area contributed by atoms with Crippen LogP contribution in [-0.4, -0.2) is 35.8 Å². The molecule has 1 aromatic heterocycles. The molecule has 1 aromatic carbocycles. The van der Waals surface area contributed by atoms with Crippen LogP contribution in [0.2, 0.25) is 0 Å². The molecule has 1 aliphatic heterocycles. The van der Waals surface area contributed by atoms with Crippen molar-refractivity contribution in [3.8, 4) is 0 Å². The number of rotatable bonds is 6. The Balaban J connectivity index is 1.68. The lowest BCUT2D eigenvalue weighted by atomic mass is 9.88. The molecule has 0 aliphatic carbocycles. The molecular weight excluding hydrogens is 314 g/mol. The molecule has 0 bridgehead atoms. The number of hydrogen-bond acceptors (Lipinski definition) is 3. The third-order valence-corrected chi connectivity index (χ3v) is 5.04. The van der Waals surface area contributed by atoms with Crippen LogP contribution in [-0.2, 0) is 11.8 Å².